The van der Waals surface area contributed by atoms with Gasteiger partial charge in [-0.25, -0.2) is 14.5 Å². The lowest BCUT2D eigenvalue weighted by Gasteiger charge is -2.26. The summed E-state index contributed by atoms with van der Waals surface area (Å²) in [5, 5.41) is 21.7. The lowest BCUT2D eigenvalue weighted by atomic mass is 10.1. The smallest absolute Gasteiger partial charge is 0.335 e. The molecule has 0 atom stereocenters. The summed E-state index contributed by atoms with van der Waals surface area (Å²) < 4.78 is 0. The van der Waals surface area contributed by atoms with Crippen molar-refractivity contribution in [3.05, 3.63) is 75.3 Å². The second-order valence-electron chi connectivity index (χ2n) is 5.66. The Labute approximate surface area is 156 Å². The molecule has 1 aliphatic rings. The van der Waals surface area contributed by atoms with E-state index in [0.717, 1.165) is 0 Å². The first kappa shape index (κ1) is 18.5. The molecule has 2 aromatic rings. The van der Waals surface area contributed by atoms with E-state index < -0.39 is 28.7 Å². The number of carbonyl (C=O) groups is 4. The topological polar surface area (TPSA) is 147 Å². The van der Waals surface area contributed by atoms with Crippen LogP contribution in [0.4, 0.5) is 16.2 Å². The van der Waals surface area contributed by atoms with Crippen LogP contribution in [0.1, 0.15) is 15.9 Å². The first-order chi connectivity index (χ1) is 13.3. The number of amides is 4. The van der Waals surface area contributed by atoms with E-state index in [-0.39, 0.29) is 22.5 Å². The van der Waals surface area contributed by atoms with Crippen molar-refractivity contribution in [2.45, 2.75) is 0 Å². The number of nitro groups is 1. The number of nitrogens with one attached hydrogen (secondary N) is 1. The Morgan fingerprint density at radius 1 is 1.04 bits per heavy atom. The van der Waals surface area contributed by atoms with Crippen LogP contribution in [-0.2, 0) is 9.59 Å². The summed E-state index contributed by atoms with van der Waals surface area (Å²) >= 11 is 0. The minimum Gasteiger partial charge on any atom is -0.478 e. The van der Waals surface area contributed by atoms with Crippen LogP contribution < -0.4 is 10.2 Å². The third-order valence-electron chi connectivity index (χ3n) is 3.89. The number of carbonyl (C=O) groups excluding carboxylic acids is 3. The Kier molecular flexibility index (Phi) is 4.69. The van der Waals surface area contributed by atoms with Gasteiger partial charge in [-0.2, -0.15) is 0 Å². The number of rotatable bonds is 4. The summed E-state index contributed by atoms with van der Waals surface area (Å²) in [4.78, 5) is 58.6. The molecule has 0 aromatic heterocycles. The number of imide groups is 2. The lowest BCUT2D eigenvalue weighted by molar-refractivity contribution is -0.384. The molecule has 0 radical (unpaired) electrons. The number of aromatic carboxylic acids is 1. The van der Waals surface area contributed by atoms with Crippen LogP contribution in [0.2, 0.25) is 0 Å². The van der Waals surface area contributed by atoms with E-state index >= 15 is 0 Å². The van der Waals surface area contributed by atoms with Crippen molar-refractivity contribution in [3.8, 4) is 0 Å². The maximum atomic E-state index is 12.7. The van der Waals surface area contributed by atoms with Gasteiger partial charge in [-0.3, -0.25) is 25.0 Å². The molecule has 4 amide bonds. The van der Waals surface area contributed by atoms with E-state index in [4.69, 9.17) is 5.11 Å². The molecule has 0 spiro atoms. The number of barbiturate groups is 1. The first-order valence-corrected chi connectivity index (χ1v) is 7.77. The standard InChI is InChI=1S/C18H11N3O7/c22-15-14(9-10-1-5-13(6-2-10)21(27)28)16(23)20(18(26)19-15)12-7-3-11(4-8-12)17(24)25/h1-9H,(H,24,25)(H,19,22,26)/b14-9+. The zero-order chi connectivity index (χ0) is 20.4. The average molecular weight is 381 g/mol. The van der Waals surface area contributed by atoms with Gasteiger partial charge in [0.2, 0.25) is 0 Å². The summed E-state index contributed by atoms with van der Waals surface area (Å²) in [5.41, 5.74) is -0.117. The zero-order valence-corrected chi connectivity index (χ0v) is 14.0. The first-order valence-electron chi connectivity index (χ1n) is 7.77. The molecule has 1 saturated heterocycles. The SMILES string of the molecule is O=C1NC(=O)N(c2ccc(C(=O)O)cc2)C(=O)/C1=C/c1ccc([N+](=O)[O-])cc1. The summed E-state index contributed by atoms with van der Waals surface area (Å²) in [6.45, 7) is 0. The van der Waals surface area contributed by atoms with Crippen LogP contribution in [0.5, 0.6) is 0 Å². The van der Waals surface area contributed by atoms with Crippen molar-refractivity contribution >= 4 is 41.3 Å². The van der Waals surface area contributed by atoms with Gasteiger partial charge in [0.1, 0.15) is 5.57 Å². The van der Waals surface area contributed by atoms with Gasteiger partial charge in [-0.15, -0.1) is 0 Å². The minimum absolute atomic E-state index is 0.0358. The highest BCUT2D eigenvalue weighted by atomic mass is 16.6. The summed E-state index contributed by atoms with van der Waals surface area (Å²) in [7, 11) is 0. The number of urea groups is 1. The minimum atomic E-state index is -1.17. The Morgan fingerprint density at radius 2 is 1.64 bits per heavy atom. The van der Waals surface area contributed by atoms with Crippen LogP contribution in [0.15, 0.2) is 54.1 Å². The molecule has 10 heteroatoms. The molecule has 2 N–H and O–H groups in total. The zero-order valence-electron chi connectivity index (χ0n) is 14.0. The van der Waals surface area contributed by atoms with Gasteiger partial charge >= 0.3 is 12.0 Å². The highest BCUT2D eigenvalue weighted by Crippen LogP contribution is 2.23. The largest absolute Gasteiger partial charge is 0.478 e. The van der Waals surface area contributed by atoms with E-state index in [0.29, 0.717) is 10.5 Å². The van der Waals surface area contributed by atoms with Gasteiger partial charge in [0.05, 0.1) is 16.2 Å². The molecule has 0 bridgehead atoms. The fourth-order valence-electron chi connectivity index (χ4n) is 2.50. The van der Waals surface area contributed by atoms with E-state index in [1.165, 1.54) is 54.6 Å². The molecule has 2 aromatic carbocycles. The van der Waals surface area contributed by atoms with Crippen LogP contribution in [0, 0.1) is 10.1 Å². The van der Waals surface area contributed by atoms with Crippen molar-refractivity contribution in [1.29, 1.82) is 0 Å². The maximum absolute atomic E-state index is 12.7. The number of nitrogens with zero attached hydrogens (tertiary/aromatic N) is 2. The monoisotopic (exact) mass is 381 g/mol. The molecule has 0 unspecified atom stereocenters. The predicted octanol–water partition coefficient (Wildman–Crippen LogP) is 1.96. The molecule has 10 nitrogen and oxygen atoms in total. The molecular formula is C18H11N3O7. The number of hydrogen-bond acceptors (Lipinski definition) is 6. The fourth-order valence-corrected chi connectivity index (χ4v) is 2.50. The van der Waals surface area contributed by atoms with Crippen LogP contribution in [0.25, 0.3) is 6.08 Å². The third kappa shape index (κ3) is 3.46. The molecule has 140 valence electrons. The third-order valence-corrected chi connectivity index (χ3v) is 3.89. The van der Waals surface area contributed by atoms with Crippen molar-refractivity contribution in [3.63, 3.8) is 0 Å². The lowest BCUT2D eigenvalue weighted by Crippen LogP contribution is -2.54. The van der Waals surface area contributed by atoms with Gasteiger partial charge < -0.3 is 5.11 Å². The van der Waals surface area contributed by atoms with Crippen LogP contribution in [0.3, 0.4) is 0 Å². The number of carboxylic acid groups (broad SMARTS) is 1. The fraction of sp³-hybridized carbons (Fsp3) is 0. The Hall–Kier alpha value is -4.34. The molecule has 1 fully saturated rings. The molecule has 1 heterocycles. The second-order valence-corrected chi connectivity index (χ2v) is 5.66. The average Bonchev–Trinajstić information content (AvgIpc) is 2.65. The highest BCUT2D eigenvalue weighted by Gasteiger charge is 2.36. The van der Waals surface area contributed by atoms with Gasteiger partial charge in [0.15, 0.2) is 0 Å². The summed E-state index contributed by atoms with van der Waals surface area (Å²) in [5.74, 6) is -2.99. The maximum Gasteiger partial charge on any atom is 0.335 e. The van der Waals surface area contributed by atoms with Crippen molar-refractivity contribution < 1.29 is 29.2 Å². The number of hydrogen-bond donors (Lipinski definition) is 2. The quantitative estimate of drug-likeness (QED) is 0.356. The number of anilines is 1. The molecular weight excluding hydrogens is 370 g/mol. The van der Waals surface area contributed by atoms with Gasteiger partial charge in [-0.1, -0.05) is 0 Å². The Balaban J connectivity index is 1.95. The second kappa shape index (κ2) is 7.11. The molecule has 0 saturated carbocycles. The number of benzene rings is 2. The van der Waals surface area contributed by atoms with E-state index in [1.54, 1.807) is 0 Å². The summed E-state index contributed by atoms with van der Waals surface area (Å²) in [6.07, 6.45) is 1.20. The molecule has 0 aliphatic carbocycles. The molecule has 3 rings (SSSR count). The van der Waals surface area contributed by atoms with E-state index in [1.807, 2.05) is 5.32 Å². The Bertz CT molecular complexity index is 1040. The van der Waals surface area contributed by atoms with Gasteiger partial charge in [-0.05, 0) is 48.0 Å². The van der Waals surface area contributed by atoms with E-state index in [9.17, 15) is 29.3 Å². The number of carboxylic acids is 1. The normalized spacial score (nSPS) is 15.5. The van der Waals surface area contributed by atoms with Gasteiger partial charge in [0.25, 0.3) is 17.5 Å². The van der Waals surface area contributed by atoms with Crippen molar-refractivity contribution in [2.75, 3.05) is 4.90 Å². The van der Waals surface area contributed by atoms with Crippen LogP contribution in [-0.4, -0.2) is 33.8 Å². The number of nitro benzene ring substituents is 1. The van der Waals surface area contributed by atoms with Crippen molar-refractivity contribution in [2.24, 2.45) is 0 Å². The molecule has 28 heavy (non-hydrogen) atoms. The number of non-ortho nitro benzene ring substituents is 1. The highest BCUT2D eigenvalue weighted by molar-refractivity contribution is 6.39. The van der Waals surface area contributed by atoms with Gasteiger partial charge in [0, 0.05) is 12.1 Å². The van der Waals surface area contributed by atoms with E-state index in [2.05, 4.69) is 0 Å². The van der Waals surface area contributed by atoms with Crippen molar-refractivity contribution in [1.82, 2.24) is 5.32 Å². The van der Waals surface area contributed by atoms with Crippen LogP contribution >= 0.6 is 0 Å². The predicted molar refractivity (Wildman–Crippen MR) is 95.5 cm³/mol. The Morgan fingerprint density at radius 3 is 2.18 bits per heavy atom. The summed E-state index contributed by atoms with van der Waals surface area (Å²) in [6, 6.07) is 9.13. The molecule has 1 aliphatic heterocycles.